The number of carbonyl (C=O) groups excluding carboxylic acids is 3. The SMILES string of the molecule is Cc1ccccc1NC(=O)CN1C(=O)CN(c2ccccc2)C1=O. The van der Waals surface area contributed by atoms with E-state index in [1.54, 1.807) is 30.3 Å². The average molecular weight is 323 g/mol. The molecule has 0 bridgehead atoms. The lowest BCUT2D eigenvalue weighted by Gasteiger charge is -2.17. The van der Waals surface area contributed by atoms with Crippen molar-refractivity contribution in [2.45, 2.75) is 6.92 Å². The highest BCUT2D eigenvalue weighted by Gasteiger charge is 2.37. The van der Waals surface area contributed by atoms with Crippen LogP contribution in [0.5, 0.6) is 0 Å². The molecule has 1 saturated heterocycles. The first-order valence-corrected chi connectivity index (χ1v) is 7.58. The highest BCUT2D eigenvalue weighted by atomic mass is 16.2. The molecule has 0 aromatic heterocycles. The van der Waals surface area contributed by atoms with Crippen LogP contribution in [0.2, 0.25) is 0 Å². The summed E-state index contributed by atoms with van der Waals surface area (Å²) in [6, 6.07) is 15.8. The van der Waals surface area contributed by atoms with E-state index in [9.17, 15) is 14.4 Å². The van der Waals surface area contributed by atoms with Gasteiger partial charge in [0.15, 0.2) is 0 Å². The number of imide groups is 1. The molecule has 1 aliphatic heterocycles. The third kappa shape index (κ3) is 3.12. The summed E-state index contributed by atoms with van der Waals surface area (Å²) in [5, 5.41) is 2.73. The summed E-state index contributed by atoms with van der Waals surface area (Å²) < 4.78 is 0. The molecule has 0 atom stereocenters. The summed E-state index contributed by atoms with van der Waals surface area (Å²) in [7, 11) is 0. The first-order chi connectivity index (χ1) is 11.6. The largest absolute Gasteiger partial charge is 0.332 e. The van der Waals surface area contributed by atoms with Gasteiger partial charge in [0.05, 0.1) is 0 Å². The highest BCUT2D eigenvalue weighted by Crippen LogP contribution is 2.20. The number of amides is 4. The molecule has 0 aliphatic carbocycles. The quantitative estimate of drug-likeness (QED) is 0.879. The van der Waals surface area contributed by atoms with Gasteiger partial charge in [0.2, 0.25) is 5.91 Å². The van der Waals surface area contributed by atoms with Crippen LogP contribution >= 0.6 is 0 Å². The zero-order valence-electron chi connectivity index (χ0n) is 13.2. The summed E-state index contributed by atoms with van der Waals surface area (Å²) >= 11 is 0. The molecule has 0 radical (unpaired) electrons. The molecule has 1 heterocycles. The zero-order chi connectivity index (χ0) is 17.1. The molecule has 6 heteroatoms. The lowest BCUT2D eigenvalue weighted by molar-refractivity contribution is -0.128. The maximum atomic E-state index is 12.4. The Morgan fingerprint density at radius 1 is 1.04 bits per heavy atom. The maximum absolute atomic E-state index is 12.4. The molecule has 4 amide bonds. The normalized spacial score (nSPS) is 14.2. The minimum Gasteiger partial charge on any atom is -0.324 e. The van der Waals surface area contributed by atoms with Gasteiger partial charge in [0.1, 0.15) is 13.1 Å². The molecule has 1 aliphatic rings. The van der Waals surface area contributed by atoms with Crippen molar-refractivity contribution in [2.24, 2.45) is 0 Å². The molecule has 3 rings (SSSR count). The average Bonchev–Trinajstić information content (AvgIpc) is 2.86. The topological polar surface area (TPSA) is 69.7 Å². The molecule has 2 aromatic carbocycles. The van der Waals surface area contributed by atoms with Crippen molar-refractivity contribution in [3.8, 4) is 0 Å². The van der Waals surface area contributed by atoms with E-state index in [2.05, 4.69) is 5.32 Å². The number of anilines is 2. The number of aryl methyl sites for hydroxylation is 1. The number of hydrogen-bond donors (Lipinski definition) is 1. The Morgan fingerprint density at radius 3 is 2.42 bits per heavy atom. The van der Waals surface area contributed by atoms with Crippen LogP contribution in [0, 0.1) is 6.92 Å². The van der Waals surface area contributed by atoms with Crippen molar-refractivity contribution in [1.29, 1.82) is 0 Å². The number of nitrogens with one attached hydrogen (secondary N) is 1. The fraction of sp³-hybridized carbons (Fsp3) is 0.167. The summed E-state index contributed by atoms with van der Waals surface area (Å²) in [5.41, 5.74) is 2.22. The molecule has 6 nitrogen and oxygen atoms in total. The fourth-order valence-electron chi connectivity index (χ4n) is 2.55. The van der Waals surface area contributed by atoms with Gasteiger partial charge in [-0.15, -0.1) is 0 Å². The van der Waals surface area contributed by atoms with E-state index < -0.39 is 11.9 Å². The minimum atomic E-state index is -0.480. The standard InChI is InChI=1S/C18H17N3O3/c1-13-7-5-6-10-15(13)19-16(22)11-21-17(23)12-20(18(21)24)14-8-3-2-4-9-14/h2-10H,11-12H2,1H3,(H,19,22). The monoisotopic (exact) mass is 323 g/mol. The van der Waals surface area contributed by atoms with Crippen molar-refractivity contribution < 1.29 is 14.4 Å². The van der Waals surface area contributed by atoms with Crippen LogP contribution in [-0.4, -0.2) is 35.8 Å². The summed E-state index contributed by atoms with van der Waals surface area (Å²) in [4.78, 5) is 39.0. The molecule has 0 unspecified atom stereocenters. The number of nitrogens with zero attached hydrogens (tertiary/aromatic N) is 2. The van der Waals surface area contributed by atoms with E-state index in [1.807, 2.05) is 31.2 Å². The summed E-state index contributed by atoms with van der Waals surface area (Å²) in [6.45, 7) is 1.52. The number of hydrogen-bond acceptors (Lipinski definition) is 3. The number of carbonyl (C=O) groups is 3. The van der Waals surface area contributed by atoms with Crippen molar-refractivity contribution in [3.63, 3.8) is 0 Å². The van der Waals surface area contributed by atoms with Crippen LogP contribution < -0.4 is 10.2 Å². The Balaban J connectivity index is 1.69. The van der Waals surface area contributed by atoms with Crippen molar-refractivity contribution >= 4 is 29.2 Å². The van der Waals surface area contributed by atoms with Crippen molar-refractivity contribution in [1.82, 2.24) is 4.90 Å². The van der Waals surface area contributed by atoms with Gasteiger partial charge in [-0.05, 0) is 30.7 Å². The van der Waals surface area contributed by atoms with E-state index >= 15 is 0 Å². The number of urea groups is 1. The van der Waals surface area contributed by atoms with Crippen LogP contribution in [-0.2, 0) is 9.59 Å². The first-order valence-electron chi connectivity index (χ1n) is 7.58. The molecule has 1 N–H and O–H groups in total. The fourth-order valence-corrected chi connectivity index (χ4v) is 2.55. The molecule has 1 fully saturated rings. The van der Waals surface area contributed by atoms with Gasteiger partial charge in [0.25, 0.3) is 5.91 Å². The van der Waals surface area contributed by atoms with Crippen LogP contribution in [0.25, 0.3) is 0 Å². The van der Waals surface area contributed by atoms with Gasteiger partial charge in [0, 0.05) is 11.4 Å². The molecule has 0 saturated carbocycles. The van der Waals surface area contributed by atoms with Gasteiger partial charge in [-0.3, -0.25) is 19.4 Å². The van der Waals surface area contributed by atoms with E-state index in [1.165, 1.54) is 4.90 Å². The minimum absolute atomic E-state index is 0.0551. The molecule has 24 heavy (non-hydrogen) atoms. The predicted octanol–water partition coefficient (Wildman–Crippen LogP) is 2.40. The number of para-hydroxylation sites is 2. The molecular formula is C18H17N3O3. The highest BCUT2D eigenvalue weighted by molar-refractivity contribution is 6.14. The Hall–Kier alpha value is -3.15. The van der Waals surface area contributed by atoms with Crippen LogP contribution in [0.3, 0.4) is 0 Å². The maximum Gasteiger partial charge on any atom is 0.332 e. The molecule has 2 aromatic rings. The van der Waals surface area contributed by atoms with Gasteiger partial charge >= 0.3 is 6.03 Å². The predicted molar refractivity (Wildman–Crippen MR) is 90.7 cm³/mol. The Morgan fingerprint density at radius 2 is 1.71 bits per heavy atom. The third-order valence-electron chi connectivity index (χ3n) is 3.84. The molecule has 122 valence electrons. The number of benzene rings is 2. The van der Waals surface area contributed by atoms with Gasteiger partial charge in [-0.25, -0.2) is 4.79 Å². The second-order valence-electron chi connectivity index (χ2n) is 5.55. The molecule has 0 spiro atoms. The van der Waals surface area contributed by atoms with Gasteiger partial charge in [-0.1, -0.05) is 36.4 Å². The second-order valence-corrected chi connectivity index (χ2v) is 5.55. The van der Waals surface area contributed by atoms with Crippen LogP contribution in [0.15, 0.2) is 54.6 Å². The lowest BCUT2D eigenvalue weighted by atomic mass is 10.2. The van der Waals surface area contributed by atoms with E-state index in [0.717, 1.165) is 10.5 Å². The van der Waals surface area contributed by atoms with Crippen LogP contribution in [0.4, 0.5) is 16.2 Å². The van der Waals surface area contributed by atoms with E-state index in [-0.39, 0.29) is 19.0 Å². The second kappa shape index (κ2) is 6.54. The van der Waals surface area contributed by atoms with E-state index in [0.29, 0.717) is 11.4 Å². The summed E-state index contributed by atoms with van der Waals surface area (Å²) in [5.74, 6) is -0.787. The van der Waals surface area contributed by atoms with Crippen molar-refractivity contribution in [3.05, 3.63) is 60.2 Å². The third-order valence-corrected chi connectivity index (χ3v) is 3.84. The summed E-state index contributed by atoms with van der Waals surface area (Å²) in [6.07, 6.45) is 0. The van der Waals surface area contributed by atoms with Gasteiger partial charge in [-0.2, -0.15) is 0 Å². The number of rotatable bonds is 4. The smallest absolute Gasteiger partial charge is 0.324 e. The Bertz CT molecular complexity index is 789. The first kappa shape index (κ1) is 15.7. The molecular weight excluding hydrogens is 306 g/mol. The zero-order valence-corrected chi connectivity index (χ0v) is 13.2. The van der Waals surface area contributed by atoms with Crippen LogP contribution in [0.1, 0.15) is 5.56 Å². The Kier molecular flexibility index (Phi) is 4.29. The van der Waals surface area contributed by atoms with Gasteiger partial charge < -0.3 is 5.32 Å². The Labute approximate surface area is 139 Å². The lowest BCUT2D eigenvalue weighted by Crippen LogP contribution is -2.39. The van der Waals surface area contributed by atoms with Crippen molar-refractivity contribution in [2.75, 3.05) is 23.3 Å². The van der Waals surface area contributed by atoms with E-state index in [4.69, 9.17) is 0 Å².